The van der Waals surface area contributed by atoms with Crippen molar-refractivity contribution in [2.24, 2.45) is 5.73 Å². The monoisotopic (exact) mass is 319 g/mol. The molecule has 0 aliphatic carbocycles. The molecule has 0 amide bonds. The van der Waals surface area contributed by atoms with Crippen molar-refractivity contribution in [2.45, 2.75) is 44.9 Å². The predicted octanol–water partition coefficient (Wildman–Crippen LogP) is 3.72. The van der Waals surface area contributed by atoms with Crippen molar-refractivity contribution in [2.75, 3.05) is 6.54 Å². The molecule has 0 bridgehead atoms. The molecule has 1 aromatic rings. The second-order valence-corrected chi connectivity index (χ2v) is 5.63. The Morgan fingerprint density at radius 2 is 2.19 bits per heavy atom. The molecule has 0 heterocycles. The molecule has 1 rings (SSSR count). The largest absolute Gasteiger partial charge is 0.431 e. The lowest BCUT2D eigenvalue weighted by atomic mass is 9.79. The van der Waals surface area contributed by atoms with E-state index in [4.69, 9.17) is 17.3 Å². The summed E-state index contributed by atoms with van der Waals surface area (Å²) in [7, 11) is 0. The van der Waals surface area contributed by atoms with E-state index in [2.05, 4.69) is 4.74 Å². The summed E-state index contributed by atoms with van der Waals surface area (Å²) in [6.07, 6.45) is -1.21. The van der Waals surface area contributed by atoms with Gasteiger partial charge in [-0.3, -0.25) is 4.79 Å². The first-order valence-electron chi connectivity index (χ1n) is 6.82. The minimum Gasteiger partial charge on any atom is -0.431 e. The predicted molar refractivity (Wildman–Crippen MR) is 78.3 cm³/mol. The molecule has 21 heavy (non-hydrogen) atoms. The van der Waals surface area contributed by atoms with E-state index in [1.165, 1.54) is 18.2 Å². The van der Waals surface area contributed by atoms with Crippen molar-refractivity contribution < 1.29 is 18.3 Å². The summed E-state index contributed by atoms with van der Waals surface area (Å²) in [5.74, 6) is -1.31. The number of hydrogen-bond donors (Lipinski definition) is 1. The van der Waals surface area contributed by atoms with Gasteiger partial charge in [-0.25, -0.2) is 8.78 Å². The normalized spacial score (nSPS) is 15.3. The Morgan fingerprint density at radius 3 is 2.71 bits per heavy atom. The van der Waals surface area contributed by atoms with E-state index in [-0.39, 0.29) is 30.0 Å². The molecule has 0 spiro atoms. The number of nitrogens with two attached hydrogens (primary N) is 1. The zero-order chi connectivity index (χ0) is 16.0. The Morgan fingerprint density at radius 1 is 1.52 bits per heavy atom. The highest BCUT2D eigenvalue weighted by Crippen LogP contribution is 2.34. The molecule has 0 aromatic heterocycles. The summed E-state index contributed by atoms with van der Waals surface area (Å²) in [5, 5.41) is 0.182. The number of carbonyl (C=O) groups is 1. The molecule has 0 aliphatic rings. The summed E-state index contributed by atoms with van der Waals surface area (Å²) in [6.45, 7) is 3.36. The van der Waals surface area contributed by atoms with Crippen molar-refractivity contribution in [3.63, 3.8) is 0 Å². The van der Waals surface area contributed by atoms with Gasteiger partial charge in [-0.2, -0.15) is 0 Å². The second kappa shape index (κ2) is 7.71. The third-order valence-corrected chi connectivity index (χ3v) is 3.64. The van der Waals surface area contributed by atoms with E-state index in [1.54, 1.807) is 13.8 Å². The molecule has 0 saturated carbocycles. The van der Waals surface area contributed by atoms with Crippen LogP contribution in [0.5, 0.6) is 0 Å². The van der Waals surface area contributed by atoms with Crippen molar-refractivity contribution in [1.82, 2.24) is 0 Å². The number of esters is 1. The van der Waals surface area contributed by atoms with Gasteiger partial charge in [-0.1, -0.05) is 31.5 Å². The Bertz CT molecular complexity index is 478. The van der Waals surface area contributed by atoms with Crippen LogP contribution in [0.4, 0.5) is 8.78 Å². The fraction of sp³-hybridized carbons (Fsp3) is 0.533. The zero-order valence-corrected chi connectivity index (χ0v) is 12.9. The summed E-state index contributed by atoms with van der Waals surface area (Å²) >= 11 is 6.01. The van der Waals surface area contributed by atoms with E-state index in [9.17, 15) is 13.6 Å². The molecule has 0 saturated heterocycles. The molecule has 0 fully saturated rings. The summed E-state index contributed by atoms with van der Waals surface area (Å²) in [4.78, 5) is 11.8. The van der Waals surface area contributed by atoms with E-state index in [1.807, 2.05) is 0 Å². The van der Waals surface area contributed by atoms with Gasteiger partial charge in [0.15, 0.2) is 0 Å². The molecule has 0 aliphatic heterocycles. The maximum absolute atomic E-state index is 14.0. The standard InChI is InChI=1S/C15H20ClF2NO2/c1-3-5-12(18)21-13(20)8-15(2,9-19)14-10(16)6-4-7-11(14)17/h4,6-7,12H,3,5,8-9,19H2,1-2H3. The zero-order valence-electron chi connectivity index (χ0n) is 12.2. The van der Waals surface area contributed by atoms with Crippen molar-refractivity contribution in [1.29, 1.82) is 0 Å². The van der Waals surface area contributed by atoms with Crippen molar-refractivity contribution in [3.8, 4) is 0 Å². The number of carbonyl (C=O) groups excluding carboxylic acids is 1. The average molecular weight is 320 g/mol. The fourth-order valence-corrected chi connectivity index (χ4v) is 2.52. The molecule has 2 atom stereocenters. The average Bonchev–Trinajstić information content (AvgIpc) is 2.38. The number of halogens is 3. The van der Waals surface area contributed by atoms with Gasteiger partial charge in [0.1, 0.15) is 5.82 Å². The summed E-state index contributed by atoms with van der Waals surface area (Å²) in [6, 6.07) is 4.24. The van der Waals surface area contributed by atoms with Crippen LogP contribution in [0.1, 0.15) is 38.7 Å². The van der Waals surface area contributed by atoms with Crippen LogP contribution in [0, 0.1) is 5.82 Å². The van der Waals surface area contributed by atoms with Gasteiger partial charge in [0.2, 0.25) is 6.36 Å². The molecule has 3 nitrogen and oxygen atoms in total. The van der Waals surface area contributed by atoms with Crippen LogP contribution in [0.25, 0.3) is 0 Å². The Balaban J connectivity index is 2.93. The second-order valence-electron chi connectivity index (χ2n) is 5.23. The number of rotatable bonds is 7. The molecule has 118 valence electrons. The molecule has 1 aromatic carbocycles. The first-order chi connectivity index (χ1) is 9.84. The van der Waals surface area contributed by atoms with Gasteiger partial charge in [0.05, 0.1) is 6.42 Å². The highest BCUT2D eigenvalue weighted by molar-refractivity contribution is 6.31. The smallest absolute Gasteiger partial charge is 0.309 e. The lowest BCUT2D eigenvalue weighted by Crippen LogP contribution is -2.36. The van der Waals surface area contributed by atoms with Gasteiger partial charge >= 0.3 is 5.97 Å². The number of ether oxygens (including phenoxy) is 1. The van der Waals surface area contributed by atoms with E-state index in [0.717, 1.165) is 0 Å². The third-order valence-electron chi connectivity index (χ3n) is 3.33. The number of alkyl halides is 1. The minimum atomic E-state index is -1.65. The highest BCUT2D eigenvalue weighted by Gasteiger charge is 2.34. The quantitative estimate of drug-likeness (QED) is 0.779. The number of benzene rings is 1. The highest BCUT2D eigenvalue weighted by atomic mass is 35.5. The Hall–Kier alpha value is -1.20. The third kappa shape index (κ3) is 4.64. The van der Waals surface area contributed by atoms with Crippen LogP contribution in [0.2, 0.25) is 5.02 Å². The molecule has 2 unspecified atom stereocenters. The number of hydrogen-bond acceptors (Lipinski definition) is 3. The van der Waals surface area contributed by atoms with Crippen LogP contribution in [-0.2, 0) is 14.9 Å². The minimum absolute atomic E-state index is 0.0204. The van der Waals surface area contributed by atoms with E-state index in [0.29, 0.717) is 6.42 Å². The van der Waals surface area contributed by atoms with Crippen LogP contribution >= 0.6 is 11.6 Å². The van der Waals surface area contributed by atoms with Crippen LogP contribution < -0.4 is 5.73 Å². The van der Waals surface area contributed by atoms with E-state index >= 15 is 0 Å². The van der Waals surface area contributed by atoms with Crippen molar-refractivity contribution >= 4 is 17.6 Å². The Labute approximate surface area is 128 Å². The van der Waals surface area contributed by atoms with Gasteiger partial charge in [-0.05, 0) is 18.6 Å². The molecule has 6 heteroatoms. The van der Waals surface area contributed by atoms with E-state index < -0.39 is 23.6 Å². The van der Waals surface area contributed by atoms with Gasteiger partial charge in [0.25, 0.3) is 0 Å². The molecular formula is C15H20ClF2NO2. The maximum atomic E-state index is 14.0. The van der Waals surface area contributed by atoms with Crippen molar-refractivity contribution in [3.05, 3.63) is 34.6 Å². The van der Waals surface area contributed by atoms with Crippen LogP contribution in [0.15, 0.2) is 18.2 Å². The summed E-state index contributed by atoms with van der Waals surface area (Å²) in [5.41, 5.74) is 4.79. The lowest BCUT2D eigenvalue weighted by molar-refractivity contribution is -0.159. The molecule has 2 N–H and O–H groups in total. The SMILES string of the molecule is CCCC(F)OC(=O)CC(C)(CN)c1c(F)cccc1Cl. The van der Waals surface area contributed by atoms with Gasteiger partial charge < -0.3 is 10.5 Å². The molecule has 0 radical (unpaired) electrons. The van der Waals surface area contributed by atoms with Gasteiger partial charge in [0, 0.05) is 29.0 Å². The maximum Gasteiger partial charge on any atom is 0.309 e. The molecular weight excluding hydrogens is 300 g/mol. The fourth-order valence-electron chi connectivity index (χ4n) is 2.13. The topological polar surface area (TPSA) is 52.3 Å². The first kappa shape index (κ1) is 17.9. The Kier molecular flexibility index (Phi) is 6.55. The summed E-state index contributed by atoms with van der Waals surface area (Å²) < 4.78 is 32.0. The van der Waals surface area contributed by atoms with Crippen LogP contribution in [0.3, 0.4) is 0 Å². The van der Waals surface area contributed by atoms with Crippen LogP contribution in [-0.4, -0.2) is 18.9 Å². The van der Waals surface area contributed by atoms with Gasteiger partial charge in [-0.15, -0.1) is 0 Å². The lowest BCUT2D eigenvalue weighted by Gasteiger charge is -2.29. The first-order valence-corrected chi connectivity index (χ1v) is 7.20.